The summed E-state index contributed by atoms with van der Waals surface area (Å²) in [6.07, 6.45) is 4.56. The molecule has 0 saturated carbocycles. The molecule has 1 saturated heterocycles. The Labute approximate surface area is 179 Å². The molecule has 6 nitrogen and oxygen atoms in total. The maximum atomic E-state index is 5.92. The first-order valence-electron chi connectivity index (χ1n) is 10.5. The van der Waals surface area contributed by atoms with E-state index in [1.807, 2.05) is 18.2 Å². The standard InChI is InChI=1S/C22H32N4O2S/c1-3-23-22(29)26(15-10-16-27-2)17-19-20(18-11-6-4-7-12-18)24-28-21(19)25-13-8-5-9-14-25/h4,6-7,11-12H,3,5,8-10,13-17H2,1-2H3,(H,23,29). The average molecular weight is 417 g/mol. The Morgan fingerprint density at radius 2 is 2.00 bits per heavy atom. The third-order valence-corrected chi connectivity index (χ3v) is 5.60. The van der Waals surface area contributed by atoms with Gasteiger partial charge in [0.05, 0.1) is 12.1 Å². The number of hydrogen-bond acceptors (Lipinski definition) is 5. The fourth-order valence-electron chi connectivity index (χ4n) is 3.72. The Morgan fingerprint density at radius 1 is 1.24 bits per heavy atom. The molecule has 3 rings (SSSR count). The van der Waals surface area contributed by atoms with Gasteiger partial charge in [0.2, 0.25) is 5.88 Å². The maximum Gasteiger partial charge on any atom is 0.232 e. The van der Waals surface area contributed by atoms with Gasteiger partial charge in [-0.3, -0.25) is 0 Å². The smallest absolute Gasteiger partial charge is 0.232 e. The molecule has 29 heavy (non-hydrogen) atoms. The molecule has 0 bridgehead atoms. The van der Waals surface area contributed by atoms with Crippen LogP contribution >= 0.6 is 12.2 Å². The molecule has 0 unspecified atom stereocenters. The highest BCUT2D eigenvalue weighted by molar-refractivity contribution is 7.80. The van der Waals surface area contributed by atoms with Crippen LogP contribution in [0.5, 0.6) is 0 Å². The Morgan fingerprint density at radius 3 is 2.69 bits per heavy atom. The highest BCUT2D eigenvalue weighted by atomic mass is 32.1. The summed E-state index contributed by atoms with van der Waals surface area (Å²) in [5, 5.41) is 8.54. The molecule has 1 N–H and O–H groups in total. The normalized spacial score (nSPS) is 14.1. The topological polar surface area (TPSA) is 53.8 Å². The summed E-state index contributed by atoms with van der Waals surface area (Å²) < 4.78 is 11.2. The zero-order chi connectivity index (χ0) is 20.5. The van der Waals surface area contributed by atoms with E-state index in [4.69, 9.17) is 21.5 Å². The molecule has 1 fully saturated rings. The van der Waals surface area contributed by atoms with Crippen LogP contribution in [0.4, 0.5) is 5.88 Å². The Balaban J connectivity index is 1.92. The first kappa shape index (κ1) is 21.6. The summed E-state index contributed by atoms with van der Waals surface area (Å²) in [5.41, 5.74) is 3.08. The van der Waals surface area contributed by atoms with Gasteiger partial charge in [0.15, 0.2) is 5.11 Å². The van der Waals surface area contributed by atoms with Crippen molar-refractivity contribution in [1.29, 1.82) is 0 Å². The molecule has 1 aromatic heterocycles. The third-order valence-electron chi connectivity index (χ3n) is 5.20. The Hall–Kier alpha value is -2.12. The van der Waals surface area contributed by atoms with Crippen molar-refractivity contribution in [2.45, 2.75) is 39.2 Å². The molecule has 2 aromatic rings. The highest BCUT2D eigenvalue weighted by Crippen LogP contribution is 2.33. The maximum absolute atomic E-state index is 5.92. The number of rotatable bonds is 9. The molecule has 0 radical (unpaired) electrons. The number of nitrogens with zero attached hydrogens (tertiary/aromatic N) is 3. The summed E-state index contributed by atoms with van der Waals surface area (Å²) in [4.78, 5) is 4.53. The molecular formula is C22H32N4O2S. The average Bonchev–Trinajstić information content (AvgIpc) is 3.18. The van der Waals surface area contributed by atoms with Gasteiger partial charge in [-0.2, -0.15) is 0 Å². The van der Waals surface area contributed by atoms with Crippen LogP contribution in [0.25, 0.3) is 11.3 Å². The zero-order valence-electron chi connectivity index (χ0n) is 17.5. The largest absolute Gasteiger partial charge is 0.385 e. The van der Waals surface area contributed by atoms with Crippen molar-refractivity contribution in [2.75, 3.05) is 44.8 Å². The van der Waals surface area contributed by atoms with Crippen LogP contribution in [-0.2, 0) is 11.3 Å². The van der Waals surface area contributed by atoms with Gasteiger partial charge in [-0.05, 0) is 44.8 Å². The van der Waals surface area contributed by atoms with Crippen molar-refractivity contribution in [3.8, 4) is 11.3 Å². The second-order valence-electron chi connectivity index (χ2n) is 7.33. The number of anilines is 1. The lowest BCUT2D eigenvalue weighted by Crippen LogP contribution is -2.40. The van der Waals surface area contributed by atoms with E-state index in [1.54, 1.807) is 7.11 Å². The van der Waals surface area contributed by atoms with Gasteiger partial charge in [-0.15, -0.1) is 0 Å². The molecule has 158 valence electrons. The van der Waals surface area contributed by atoms with Crippen molar-refractivity contribution >= 4 is 23.2 Å². The van der Waals surface area contributed by atoms with E-state index < -0.39 is 0 Å². The minimum absolute atomic E-state index is 0.662. The SMILES string of the molecule is CCNC(=S)N(CCCOC)Cc1c(-c2ccccc2)noc1N1CCCCC1. The predicted octanol–water partition coefficient (Wildman–Crippen LogP) is 4.06. The number of hydrogen-bond donors (Lipinski definition) is 1. The van der Waals surface area contributed by atoms with Gasteiger partial charge >= 0.3 is 0 Å². The van der Waals surface area contributed by atoms with Gasteiger partial charge in [-0.25, -0.2) is 0 Å². The highest BCUT2D eigenvalue weighted by Gasteiger charge is 2.26. The zero-order valence-corrected chi connectivity index (χ0v) is 18.3. The number of thiocarbonyl (C=S) groups is 1. The van der Waals surface area contributed by atoms with E-state index in [1.165, 1.54) is 19.3 Å². The summed E-state index contributed by atoms with van der Waals surface area (Å²) in [5.74, 6) is 0.889. The molecule has 1 aliphatic rings. The fourth-order valence-corrected chi connectivity index (χ4v) is 4.02. The molecule has 1 aromatic carbocycles. The number of benzene rings is 1. The second-order valence-corrected chi connectivity index (χ2v) is 7.72. The van der Waals surface area contributed by atoms with Crippen molar-refractivity contribution < 1.29 is 9.26 Å². The van der Waals surface area contributed by atoms with Crippen molar-refractivity contribution in [1.82, 2.24) is 15.4 Å². The summed E-state index contributed by atoms with van der Waals surface area (Å²) in [6.45, 7) is 7.07. The van der Waals surface area contributed by atoms with Crippen molar-refractivity contribution in [3.63, 3.8) is 0 Å². The van der Waals surface area contributed by atoms with E-state index in [2.05, 4.69) is 39.3 Å². The quantitative estimate of drug-likeness (QED) is 0.488. The van der Waals surface area contributed by atoms with E-state index >= 15 is 0 Å². The molecule has 7 heteroatoms. The van der Waals surface area contributed by atoms with Crippen LogP contribution in [0.1, 0.15) is 38.2 Å². The molecule has 0 amide bonds. The first-order chi connectivity index (χ1) is 14.2. The van der Waals surface area contributed by atoms with Crippen LogP contribution in [0.15, 0.2) is 34.9 Å². The summed E-state index contributed by atoms with van der Waals surface area (Å²) in [7, 11) is 1.73. The molecule has 2 heterocycles. The van der Waals surface area contributed by atoms with Crippen molar-refractivity contribution in [2.24, 2.45) is 0 Å². The van der Waals surface area contributed by atoms with Gasteiger partial charge < -0.3 is 24.4 Å². The molecule has 0 spiro atoms. The van der Waals surface area contributed by atoms with Crippen LogP contribution in [0.2, 0.25) is 0 Å². The number of aromatic nitrogens is 1. The third kappa shape index (κ3) is 5.70. The van der Waals surface area contributed by atoms with E-state index in [9.17, 15) is 0 Å². The number of ether oxygens (including phenoxy) is 1. The van der Waals surface area contributed by atoms with Gasteiger partial charge in [0, 0.05) is 45.5 Å². The summed E-state index contributed by atoms with van der Waals surface area (Å²) >= 11 is 5.67. The van der Waals surface area contributed by atoms with Crippen LogP contribution in [0, 0.1) is 0 Å². The first-order valence-corrected chi connectivity index (χ1v) is 11.0. The molecule has 0 aliphatic carbocycles. The predicted molar refractivity (Wildman–Crippen MR) is 121 cm³/mol. The van der Waals surface area contributed by atoms with Gasteiger partial charge in [-0.1, -0.05) is 35.5 Å². The minimum Gasteiger partial charge on any atom is -0.385 e. The van der Waals surface area contributed by atoms with Gasteiger partial charge in [0.1, 0.15) is 5.69 Å². The number of piperidine rings is 1. The van der Waals surface area contributed by atoms with E-state index in [0.717, 1.165) is 60.4 Å². The Kier molecular flexibility index (Phi) is 8.31. The fraction of sp³-hybridized carbons (Fsp3) is 0.545. The van der Waals surface area contributed by atoms with Gasteiger partial charge in [0.25, 0.3) is 0 Å². The molecular weight excluding hydrogens is 384 g/mol. The molecule has 1 aliphatic heterocycles. The lowest BCUT2D eigenvalue weighted by Gasteiger charge is -2.29. The lowest BCUT2D eigenvalue weighted by atomic mass is 10.1. The van der Waals surface area contributed by atoms with E-state index in [0.29, 0.717) is 13.2 Å². The lowest BCUT2D eigenvalue weighted by molar-refractivity contribution is 0.185. The molecule has 0 atom stereocenters. The van der Waals surface area contributed by atoms with Crippen LogP contribution < -0.4 is 10.2 Å². The Bertz CT molecular complexity index is 759. The van der Waals surface area contributed by atoms with Crippen LogP contribution in [-0.4, -0.2) is 55.1 Å². The number of nitrogens with one attached hydrogen (secondary N) is 1. The number of methoxy groups -OCH3 is 1. The van der Waals surface area contributed by atoms with E-state index in [-0.39, 0.29) is 0 Å². The monoisotopic (exact) mass is 416 g/mol. The second kappa shape index (κ2) is 11.2. The summed E-state index contributed by atoms with van der Waals surface area (Å²) in [6, 6.07) is 10.3. The van der Waals surface area contributed by atoms with Crippen molar-refractivity contribution in [3.05, 3.63) is 35.9 Å². The van der Waals surface area contributed by atoms with Crippen LogP contribution in [0.3, 0.4) is 0 Å². The minimum atomic E-state index is 0.662.